The number of fused-ring (bicyclic) bond motifs is 1. The zero-order valence-corrected chi connectivity index (χ0v) is 12.1. The number of nitrogens with zero attached hydrogens (tertiary/aromatic N) is 2. The Labute approximate surface area is 123 Å². The Morgan fingerprint density at radius 1 is 1.38 bits per heavy atom. The van der Waals surface area contributed by atoms with E-state index in [-0.39, 0.29) is 12.2 Å². The summed E-state index contributed by atoms with van der Waals surface area (Å²) in [6.45, 7) is 2.98. The molecule has 0 aliphatic heterocycles. The number of carboxylic acids is 1. The summed E-state index contributed by atoms with van der Waals surface area (Å²) in [5.41, 5.74) is 1.99. The van der Waals surface area contributed by atoms with Gasteiger partial charge in [-0.05, 0) is 49.8 Å². The van der Waals surface area contributed by atoms with Gasteiger partial charge in [0.05, 0.1) is 16.6 Å². The lowest BCUT2D eigenvalue weighted by molar-refractivity contribution is 0.0697. The number of hydrogen-bond acceptors (Lipinski definition) is 3. The molecule has 1 saturated carbocycles. The number of aliphatic hydroxyl groups is 1. The molecule has 1 heterocycles. The number of hydrogen-bond donors (Lipinski definition) is 2. The molecule has 2 aromatic rings. The first kappa shape index (κ1) is 14.1. The van der Waals surface area contributed by atoms with Crippen LogP contribution in [0.2, 0.25) is 0 Å². The highest BCUT2D eigenvalue weighted by atomic mass is 16.4. The van der Waals surface area contributed by atoms with Gasteiger partial charge in [0.15, 0.2) is 0 Å². The first-order valence-corrected chi connectivity index (χ1v) is 7.41. The fourth-order valence-corrected chi connectivity index (χ4v) is 3.44. The third-order valence-electron chi connectivity index (χ3n) is 4.65. The second-order valence-electron chi connectivity index (χ2n) is 5.91. The van der Waals surface area contributed by atoms with Gasteiger partial charge in [-0.15, -0.1) is 0 Å². The van der Waals surface area contributed by atoms with Crippen molar-refractivity contribution in [2.75, 3.05) is 6.61 Å². The van der Waals surface area contributed by atoms with Gasteiger partial charge in [0.25, 0.3) is 0 Å². The molecule has 2 atom stereocenters. The van der Waals surface area contributed by atoms with Crippen molar-refractivity contribution in [3.8, 4) is 0 Å². The van der Waals surface area contributed by atoms with Crippen LogP contribution in [0.1, 0.15) is 35.4 Å². The van der Waals surface area contributed by atoms with Crippen molar-refractivity contribution < 1.29 is 15.0 Å². The molecule has 21 heavy (non-hydrogen) atoms. The van der Waals surface area contributed by atoms with E-state index in [9.17, 15) is 9.90 Å². The number of rotatable bonds is 4. The Bertz CT molecular complexity index is 677. The molecule has 1 aliphatic rings. The smallest absolute Gasteiger partial charge is 0.335 e. The Hall–Kier alpha value is -1.88. The maximum Gasteiger partial charge on any atom is 0.335 e. The van der Waals surface area contributed by atoms with Crippen LogP contribution < -0.4 is 0 Å². The van der Waals surface area contributed by atoms with Gasteiger partial charge in [0, 0.05) is 13.2 Å². The summed E-state index contributed by atoms with van der Waals surface area (Å²) in [4.78, 5) is 15.7. The van der Waals surface area contributed by atoms with Gasteiger partial charge in [-0.1, -0.05) is 6.42 Å². The maximum absolute atomic E-state index is 11.1. The zero-order chi connectivity index (χ0) is 15.0. The first-order valence-electron chi connectivity index (χ1n) is 7.41. The fraction of sp³-hybridized carbons (Fsp3) is 0.500. The molecule has 0 spiro atoms. The lowest BCUT2D eigenvalue weighted by Crippen LogP contribution is -2.18. The van der Waals surface area contributed by atoms with E-state index < -0.39 is 5.97 Å². The van der Waals surface area contributed by atoms with Crippen molar-refractivity contribution in [3.63, 3.8) is 0 Å². The molecule has 0 bridgehead atoms. The highest BCUT2D eigenvalue weighted by Gasteiger charge is 2.27. The number of carbonyl (C=O) groups is 1. The molecule has 1 aliphatic carbocycles. The molecule has 2 N–H and O–H groups in total. The van der Waals surface area contributed by atoms with Gasteiger partial charge in [0.1, 0.15) is 5.82 Å². The average Bonchev–Trinajstić information content (AvgIpc) is 3.03. The topological polar surface area (TPSA) is 75.3 Å². The van der Waals surface area contributed by atoms with Gasteiger partial charge in [0.2, 0.25) is 0 Å². The second kappa shape index (κ2) is 5.48. The summed E-state index contributed by atoms with van der Waals surface area (Å²) in [6.07, 6.45) is 3.35. The largest absolute Gasteiger partial charge is 0.478 e. The van der Waals surface area contributed by atoms with Crippen LogP contribution >= 0.6 is 0 Å². The van der Waals surface area contributed by atoms with Crippen LogP contribution in [-0.2, 0) is 6.54 Å². The lowest BCUT2D eigenvalue weighted by Gasteiger charge is -2.19. The molecule has 5 heteroatoms. The minimum atomic E-state index is -0.920. The first-order chi connectivity index (χ1) is 10.1. The molecule has 3 rings (SSSR count). The second-order valence-corrected chi connectivity index (χ2v) is 5.91. The quantitative estimate of drug-likeness (QED) is 0.906. The zero-order valence-electron chi connectivity index (χ0n) is 12.1. The molecule has 1 aromatic heterocycles. The van der Waals surface area contributed by atoms with Crippen molar-refractivity contribution >= 4 is 17.0 Å². The molecular formula is C16H20N2O3. The van der Waals surface area contributed by atoms with Crippen LogP contribution in [0.3, 0.4) is 0 Å². The van der Waals surface area contributed by atoms with Crippen LogP contribution in [0.25, 0.3) is 11.0 Å². The monoisotopic (exact) mass is 288 g/mol. The molecule has 0 amide bonds. The molecule has 1 aromatic carbocycles. The molecular weight excluding hydrogens is 268 g/mol. The standard InChI is InChI=1S/C16H20N2O3/c1-10-17-14-6-5-11(16(20)21)7-15(14)18(10)8-12-3-2-4-13(12)9-19/h5-7,12-13,19H,2-4,8-9H2,1H3,(H,20,21). The Morgan fingerprint density at radius 3 is 2.86 bits per heavy atom. The third-order valence-corrected chi connectivity index (χ3v) is 4.65. The van der Waals surface area contributed by atoms with Crippen molar-refractivity contribution in [1.82, 2.24) is 9.55 Å². The summed E-state index contributed by atoms with van der Waals surface area (Å²) in [5, 5.41) is 18.6. The van der Waals surface area contributed by atoms with Crippen LogP contribution in [-0.4, -0.2) is 32.3 Å². The maximum atomic E-state index is 11.1. The van der Waals surface area contributed by atoms with Gasteiger partial charge in [-0.3, -0.25) is 0 Å². The number of aliphatic hydroxyl groups excluding tert-OH is 1. The van der Waals surface area contributed by atoms with Crippen molar-refractivity contribution in [2.45, 2.75) is 32.7 Å². The summed E-state index contributed by atoms with van der Waals surface area (Å²) < 4.78 is 2.10. The fourth-order valence-electron chi connectivity index (χ4n) is 3.44. The minimum absolute atomic E-state index is 0.233. The molecule has 0 saturated heterocycles. The highest BCUT2D eigenvalue weighted by Crippen LogP contribution is 2.33. The molecule has 0 radical (unpaired) electrons. The van der Waals surface area contributed by atoms with E-state index in [0.29, 0.717) is 11.8 Å². The summed E-state index contributed by atoms with van der Waals surface area (Å²) in [6, 6.07) is 5.05. The van der Waals surface area contributed by atoms with Crippen molar-refractivity contribution in [3.05, 3.63) is 29.6 Å². The summed E-state index contributed by atoms with van der Waals surface area (Å²) >= 11 is 0. The lowest BCUT2D eigenvalue weighted by atomic mass is 9.97. The predicted molar refractivity (Wildman–Crippen MR) is 79.3 cm³/mol. The number of carboxylic acid groups (broad SMARTS) is 1. The van der Waals surface area contributed by atoms with Crippen LogP contribution in [0.15, 0.2) is 18.2 Å². The summed E-state index contributed by atoms with van der Waals surface area (Å²) in [7, 11) is 0. The minimum Gasteiger partial charge on any atom is -0.478 e. The summed E-state index contributed by atoms with van der Waals surface area (Å²) in [5.74, 6) is 0.775. The number of aromatic carboxylic acids is 1. The van der Waals surface area contributed by atoms with E-state index in [1.165, 1.54) is 0 Å². The average molecular weight is 288 g/mol. The van der Waals surface area contributed by atoms with Crippen molar-refractivity contribution in [1.29, 1.82) is 0 Å². The highest BCUT2D eigenvalue weighted by molar-refractivity contribution is 5.92. The van der Waals surface area contributed by atoms with Gasteiger partial charge in [-0.2, -0.15) is 0 Å². The van der Waals surface area contributed by atoms with Gasteiger partial charge >= 0.3 is 5.97 Å². The van der Waals surface area contributed by atoms with Gasteiger partial charge < -0.3 is 14.8 Å². The number of aromatic nitrogens is 2. The number of benzene rings is 1. The Morgan fingerprint density at radius 2 is 2.14 bits per heavy atom. The molecule has 2 unspecified atom stereocenters. The van der Waals surface area contributed by atoms with E-state index >= 15 is 0 Å². The van der Waals surface area contributed by atoms with E-state index in [1.54, 1.807) is 18.2 Å². The predicted octanol–water partition coefficient (Wildman–Crippen LogP) is 2.45. The SMILES string of the molecule is Cc1nc2ccc(C(=O)O)cc2n1CC1CCCC1CO. The van der Waals surface area contributed by atoms with Crippen LogP contribution in [0.4, 0.5) is 0 Å². The van der Waals surface area contributed by atoms with Crippen molar-refractivity contribution in [2.24, 2.45) is 11.8 Å². The molecule has 112 valence electrons. The van der Waals surface area contributed by atoms with Crippen LogP contribution in [0.5, 0.6) is 0 Å². The number of imidazole rings is 1. The Kier molecular flexibility index (Phi) is 3.68. The number of aryl methyl sites for hydroxylation is 1. The van der Waals surface area contributed by atoms with Crippen LogP contribution in [0, 0.1) is 18.8 Å². The van der Waals surface area contributed by atoms with E-state index in [2.05, 4.69) is 9.55 Å². The van der Waals surface area contributed by atoms with Gasteiger partial charge in [-0.25, -0.2) is 9.78 Å². The normalized spacial score (nSPS) is 22.0. The van der Waals surface area contributed by atoms with E-state index in [4.69, 9.17) is 5.11 Å². The van der Waals surface area contributed by atoms with E-state index in [1.807, 2.05) is 6.92 Å². The molecule has 1 fully saturated rings. The third kappa shape index (κ3) is 2.53. The Balaban J connectivity index is 1.98. The molecule has 5 nitrogen and oxygen atoms in total. The van der Waals surface area contributed by atoms with E-state index in [0.717, 1.165) is 42.7 Å².